The Labute approximate surface area is 133 Å². The van der Waals surface area contributed by atoms with Crippen molar-refractivity contribution in [3.63, 3.8) is 0 Å². The largest absolute Gasteiger partial charge is 0.369 e. The predicted molar refractivity (Wildman–Crippen MR) is 87.6 cm³/mol. The maximum Gasteiger partial charge on any atom is 0.256 e. The quantitative estimate of drug-likeness (QED) is 0.787. The van der Waals surface area contributed by atoms with E-state index in [1.807, 2.05) is 28.5 Å². The summed E-state index contributed by atoms with van der Waals surface area (Å²) >= 11 is 0. The standard InChI is InChI=1S/C17H17N5O/c1-2-22-15-14(20-17(22)18)7-13(8-19-15)16(23)21-9-11-5-3-4-6-12(11)10-21/h3-8H,2,9-10H2,1H3,(H2,18,20). The second-order valence-electron chi connectivity index (χ2n) is 5.71. The van der Waals surface area contributed by atoms with Crippen LogP contribution in [-0.2, 0) is 19.6 Å². The molecule has 1 aliphatic rings. The molecule has 3 heterocycles. The minimum Gasteiger partial charge on any atom is -0.369 e. The van der Waals surface area contributed by atoms with Crippen molar-refractivity contribution in [2.75, 3.05) is 5.73 Å². The number of hydrogen-bond acceptors (Lipinski definition) is 4. The Bertz CT molecular complexity index is 889. The first-order valence-corrected chi connectivity index (χ1v) is 7.65. The highest BCUT2D eigenvalue weighted by Gasteiger charge is 2.24. The lowest BCUT2D eigenvalue weighted by atomic mass is 10.1. The Kier molecular flexibility index (Phi) is 3.04. The molecule has 1 amide bonds. The van der Waals surface area contributed by atoms with Crippen molar-refractivity contribution in [2.45, 2.75) is 26.6 Å². The average molecular weight is 307 g/mol. The van der Waals surface area contributed by atoms with Crippen molar-refractivity contribution in [3.05, 3.63) is 53.2 Å². The number of rotatable bonds is 2. The number of amides is 1. The van der Waals surface area contributed by atoms with Gasteiger partial charge in [0.2, 0.25) is 5.95 Å². The summed E-state index contributed by atoms with van der Waals surface area (Å²) < 4.78 is 1.83. The third kappa shape index (κ3) is 2.14. The zero-order valence-electron chi connectivity index (χ0n) is 12.9. The summed E-state index contributed by atoms with van der Waals surface area (Å²) in [5.41, 5.74) is 10.2. The van der Waals surface area contributed by atoms with Crippen LogP contribution in [0, 0.1) is 0 Å². The Morgan fingerprint density at radius 3 is 2.61 bits per heavy atom. The van der Waals surface area contributed by atoms with E-state index in [9.17, 15) is 4.79 Å². The van der Waals surface area contributed by atoms with Gasteiger partial charge >= 0.3 is 0 Å². The molecule has 6 nitrogen and oxygen atoms in total. The van der Waals surface area contributed by atoms with Crippen molar-refractivity contribution < 1.29 is 4.79 Å². The summed E-state index contributed by atoms with van der Waals surface area (Å²) in [6.45, 7) is 3.96. The molecule has 0 aliphatic carbocycles. The molecule has 2 N–H and O–H groups in total. The molecule has 0 fully saturated rings. The van der Waals surface area contributed by atoms with E-state index < -0.39 is 0 Å². The van der Waals surface area contributed by atoms with Crippen molar-refractivity contribution in [1.82, 2.24) is 19.4 Å². The van der Waals surface area contributed by atoms with Crippen molar-refractivity contribution in [1.29, 1.82) is 0 Å². The fourth-order valence-corrected chi connectivity index (χ4v) is 3.12. The normalized spacial score (nSPS) is 13.5. The van der Waals surface area contributed by atoms with Crippen LogP contribution in [0.4, 0.5) is 5.95 Å². The molecule has 0 atom stereocenters. The van der Waals surface area contributed by atoms with E-state index >= 15 is 0 Å². The minimum absolute atomic E-state index is 0.0276. The van der Waals surface area contributed by atoms with Gasteiger partial charge in [-0.1, -0.05) is 24.3 Å². The van der Waals surface area contributed by atoms with E-state index in [0.717, 1.165) is 0 Å². The highest BCUT2D eigenvalue weighted by molar-refractivity contribution is 5.96. The molecule has 3 aromatic rings. The van der Waals surface area contributed by atoms with Crippen molar-refractivity contribution in [2.24, 2.45) is 0 Å². The second kappa shape index (κ2) is 5.08. The van der Waals surface area contributed by atoms with Crippen molar-refractivity contribution in [3.8, 4) is 0 Å². The molecule has 2 aromatic heterocycles. The number of benzene rings is 1. The summed E-state index contributed by atoms with van der Waals surface area (Å²) in [4.78, 5) is 23.3. The highest BCUT2D eigenvalue weighted by Crippen LogP contribution is 2.25. The molecule has 4 rings (SSSR count). The Morgan fingerprint density at radius 2 is 1.96 bits per heavy atom. The Hall–Kier alpha value is -2.89. The van der Waals surface area contributed by atoms with Crippen LogP contribution in [0.5, 0.6) is 0 Å². The van der Waals surface area contributed by atoms with Crippen LogP contribution >= 0.6 is 0 Å². The number of anilines is 1. The molecule has 0 radical (unpaired) electrons. The third-order valence-corrected chi connectivity index (χ3v) is 4.31. The summed E-state index contributed by atoms with van der Waals surface area (Å²) in [6.07, 6.45) is 1.61. The Morgan fingerprint density at radius 1 is 1.26 bits per heavy atom. The molecular weight excluding hydrogens is 290 g/mol. The number of hydrogen-bond donors (Lipinski definition) is 1. The van der Waals surface area contributed by atoms with Gasteiger partial charge in [-0.05, 0) is 24.1 Å². The molecule has 23 heavy (non-hydrogen) atoms. The summed E-state index contributed by atoms with van der Waals surface area (Å²) in [7, 11) is 0. The molecular formula is C17H17N5O. The van der Waals surface area contributed by atoms with E-state index in [2.05, 4.69) is 22.1 Å². The van der Waals surface area contributed by atoms with Crippen LogP contribution in [0.2, 0.25) is 0 Å². The summed E-state index contributed by atoms with van der Waals surface area (Å²) in [5, 5.41) is 0. The lowest BCUT2D eigenvalue weighted by Gasteiger charge is -2.15. The van der Waals surface area contributed by atoms with Gasteiger partial charge in [-0.25, -0.2) is 9.97 Å². The van der Waals surface area contributed by atoms with Gasteiger partial charge in [0.15, 0.2) is 5.65 Å². The smallest absolute Gasteiger partial charge is 0.256 e. The average Bonchev–Trinajstić information content (AvgIpc) is 3.13. The maximum absolute atomic E-state index is 12.7. The van der Waals surface area contributed by atoms with E-state index in [-0.39, 0.29) is 5.91 Å². The lowest BCUT2D eigenvalue weighted by molar-refractivity contribution is 0.0751. The number of nitrogen functional groups attached to an aromatic ring is 1. The lowest BCUT2D eigenvalue weighted by Crippen LogP contribution is -2.25. The van der Waals surface area contributed by atoms with E-state index in [1.54, 1.807) is 12.3 Å². The highest BCUT2D eigenvalue weighted by atomic mass is 16.2. The van der Waals surface area contributed by atoms with Gasteiger partial charge in [0.1, 0.15) is 5.52 Å². The monoisotopic (exact) mass is 307 g/mol. The number of imidazole rings is 1. The van der Waals surface area contributed by atoms with Gasteiger partial charge in [0.05, 0.1) is 5.56 Å². The van der Waals surface area contributed by atoms with Gasteiger partial charge in [-0.2, -0.15) is 0 Å². The molecule has 0 saturated carbocycles. The predicted octanol–water partition coefficient (Wildman–Crippen LogP) is 2.19. The SMILES string of the molecule is CCn1c(N)nc2cc(C(=O)N3Cc4ccccc4C3)cnc21. The van der Waals surface area contributed by atoms with Crippen molar-refractivity contribution >= 4 is 23.0 Å². The van der Waals surface area contributed by atoms with Gasteiger partial charge in [0, 0.05) is 25.8 Å². The first-order valence-electron chi connectivity index (χ1n) is 7.65. The molecule has 0 unspecified atom stereocenters. The van der Waals surface area contributed by atoms with Crippen LogP contribution in [0.15, 0.2) is 36.5 Å². The molecule has 0 saturated heterocycles. The number of fused-ring (bicyclic) bond motifs is 2. The van der Waals surface area contributed by atoms with Gasteiger partial charge in [-0.15, -0.1) is 0 Å². The maximum atomic E-state index is 12.7. The van der Waals surface area contributed by atoms with Gasteiger partial charge < -0.3 is 10.6 Å². The zero-order valence-corrected chi connectivity index (χ0v) is 12.9. The summed E-state index contributed by atoms with van der Waals surface area (Å²) in [5.74, 6) is 0.397. The Balaban J connectivity index is 1.66. The van der Waals surface area contributed by atoms with Crippen LogP contribution in [0.3, 0.4) is 0 Å². The molecule has 0 bridgehead atoms. The molecule has 1 aliphatic heterocycles. The van der Waals surface area contributed by atoms with Gasteiger partial charge in [0.25, 0.3) is 5.91 Å². The molecule has 1 aromatic carbocycles. The number of nitrogens with zero attached hydrogens (tertiary/aromatic N) is 4. The fourth-order valence-electron chi connectivity index (χ4n) is 3.12. The number of pyridine rings is 1. The zero-order chi connectivity index (χ0) is 16.0. The van der Waals surface area contributed by atoms with E-state index in [4.69, 9.17) is 5.73 Å². The summed E-state index contributed by atoms with van der Waals surface area (Å²) in [6, 6.07) is 9.90. The number of carbonyl (C=O) groups is 1. The van der Waals surface area contributed by atoms with E-state index in [0.29, 0.717) is 42.3 Å². The number of nitrogens with two attached hydrogens (primary N) is 1. The molecule has 0 spiro atoms. The molecule has 116 valence electrons. The second-order valence-corrected chi connectivity index (χ2v) is 5.71. The van der Waals surface area contributed by atoms with Crippen LogP contribution < -0.4 is 5.73 Å². The number of aryl methyl sites for hydroxylation is 1. The minimum atomic E-state index is -0.0276. The third-order valence-electron chi connectivity index (χ3n) is 4.31. The fraction of sp³-hybridized carbons (Fsp3) is 0.235. The van der Waals surface area contributed by atoms with E-state index in [1.165, 1.54) is 11.1 Å². The topological polar surface area (TPSA) is 77.0 Å². The van der Waals surface area contributed by atoms with Gasteiger partial charge in [-0.3, -0.25) is 9.36 Å². The van der Waals surface area contributed by atoms with Crippen LogP contribution in [-0.4, -0.2) is 25.3 Å². The van der Waals surface area contributed by atoms with Crippen LogP contribution in [0.1, 0.15) is 28.4 Å². The number of aromatic nitrogens is 3. The number of carbonyl (C=O) groups excluding carboxylic acids is 1. The van der Waals surface area contributed by atoms with Crippen LogP contribution in [0.25, 0.3) is 11.2 Å². The first kappa shape index (κ1) is 13.8. The first-order chi connectivity index (χ1) is 11.2. The molecule has 6 heteroatoms.